The molecule has 2 saturated heterocycles. The molecular weight excluding hydrogens is 470 g/mol. The molecular formula is C27H29N7O3. The number of pyridine rings is 3. The molecule has 2 aliphatic heterocycles. The molecule has 10 heteroatoms. The zero-order valence-corrected chi connectivity index (χ0v) is 20.8. The number of aromatic nitrogens is 4. The summed E-state index contributed by atoms with van der Waals surface area (Å²) in [6.07, 6.45) is 5.70. The van der Waals surface area contributed by atoms with Crippen molar-refractivity contribution in [2.45, 2.75) is 38.0 Å². The smallest absolute Gasteiger partial charge is 0.269 e. The summed E-state index contributed by atoms with van der Waals surface area (Å²) >= 11 is 0. The lowest BCUT2D eigenvalue weighted by Gasteiger charge is -2.40. The number of nitrogens with zero attached hydrogens (tertiary/aromatic N) is 4. The number of amides is 1. The normalized spacial score (nSPS) is 21.0. The number of rotatable bonds is 6. The van der Waals surface area contributed by atoms with Crippen molar-refractivity contribution < 1.29 is 14.3 Å². The second-order valence-electron chi connectivity index (χ2n) is 9.56. The van der Waals surface area contributed by atoms with Gasteiger partial charge in [0.2, 0.25) is 0 Å². The first-order valence-corrected chi connectivity index (χ1v) is 12.5. The van der Waals surface area contributed by atoms with E-state index < -0.39 is 0 Å². The van der Waals surface area contributed by atoms with Gasteiger partial charge in [0.05, 0.1) is 24.9 Å². The highest BCUT2D eigenvalue weighted by molar-refractivity contribution is 5.92. The van der Waals surface area contributed by atoms with Gasteiger partial charge in [-0.15, -0.1) is 0 Å². The molecule has 0 aromatic carbocycles. The Kier molecular flexibility index (Phi) is 6.19. The van der Waals surface area contributed by atoms with E-state index in [1.807, 2.05) is 31.5 Å². The van der Waals surface area contributed by atoms with Crippen LogP contribution in [-0.2, 0) is 4.74 Å². The lowest BCUT2D eigenvalue weighted by Crippen LogP contribution is -2.56. The molecule has 3 N–H and O–H groups in total. The molecule has 4 aromatic rings. The van der Waals surface area contributed by atoms with Crippen molar-refractivity contribution in [1.82, 2.24) is 30.2 Å². The summed E-state index contributed by atoms with van der Waals surface area (Å²) < 4.78 is 14.0. The van der Waals surface area contributed by atoms with E-state index in [0.29, 0.717) is 29.4 Å². The Morgan fingerprint density at radius 1 is 1.14 bits per heavy atom. The quantitative estimate of drug-likeness (QED) is 0.371. The van der Waals surface area contributed by atoms with Crippen LogP contribution in [0, 0.1) is 6.92 Å². The van der Waals surface area contributed by atoms with Crippen molar-refractivity contribution in [3.63, 3.8) is 0 Å². The molecule has 0 spiro atoms. The molecule has 10 nitrogen and oxygen atoms in total. The maximum Gasteiger partial charge on any atom is 0.269 e. The molecule has 1 unspecified atom stereocenters. The molecule has 0 radical (unpaired) electrons. The lowest BCUT2D eigenvalue weighted by molar-refractivity contribution is -0.0122. The second kappa shape index (κ2) is 9.79. The van der Waals surface area contributed by atoms with Gasteiger partial charge < -0.3 is 25.4 Å². The van der Waals surface area contributed by atoms with Crippen LogP contribution in [0.2, 0.25) is 0 Å². The van der Waals surface area contributed by atoms with Crippen LogP contribution in [0.15, 0.2) is 54.9 Å². The molecule has 0 aliphatic carbocycles. The third-order valence-electron chi connectivity index (χ3n) is 6.74. The fourth-order valence-corrected chi connectivity index (χ4v) is 5.04. The summed E-state index contributed by atoms with van der Waals surface area (Å²) in [4.78, 5) is 20.8. The zero-order chi connectivity index (χ0) is 25.4. The van der Waals surface area contributed by atoms with Crippen LogP contribution in [0.3, 0.4) is 0 Å². The lowest BCUT2D eigenvalue weighted by atomic mass is 9.94. The van der Waals surface area contributed by atoms with E-state index in [9.17, 15) is 4.79 Å². The molecule has 3 atom stereocenters. The SMILES string of the molecule is CNC(=O)c1cccc(Nc2cc3cc(-c4cc(C)ncc4OC4C[C@H]5COC[C@@H](C4)N5)ccn3n2)n1. The maximum absolute atomic E-state index is 11.9. The number of carbonyl (C=O) groups is 1. The summed E-state index contributed by atoms with van der Waals surface area (Å²) in [5.41, 5.74) is 4.21. The number of piperidine rings is 1. The molecule has 37 heavy (non-hydrogen) atoms. The van der Waals surface area contributed by atoms with Gasteiger partial charge in [0, 0.05) is 55.5 Å². The third kappa shape index (κ3) is 4.98. The van der Waals surface area contributed by atoms with Crippen molar-refractivity contribution in [2.24, 2.45) is 0 Å². The molecule has 2 bridgehead atoms. The standard InChI is InChI=1S/C27H29N7O3/c1-16-8-22(24(13-29-16)37-21-10-18-14-36-15-19(11-21)30-18)17-6-7-34-20(9-17)12-26(33-34)32-25-5-3-4-23(31-25)27(35)28-2/h3-9,12-13,18-19,21,30H,10-11,14-15H2,1-2H3,(H,28,35)(H,31,32,33)/t18-,19+,21?. The highest BCUT2D eigenvalue weighted by Crippen LogP contribution is 2.34. The van der Waals surface area contributed by atoms with Crippen LogP contribution in [0.25, 0.3) is 16.6 Å². The topological polar surface area (TPSA) is 115 Å². The van der Waals surface area contributed by atoms with E-state index in [4.69, 9.17) is 9.47 Å². The van der Waals surface area contributed by atoms with Gasteiger partial charge in [0.1, 0.15) is 23.4 Å². The number of carbonyl (C=O) groups excluding carboxylic acids is 1. The number of ether oxygens (including phenoxy) is 2. The van der Waals surface area contributed by atoms with E-state index in [-0.39, 0.29) is 12.0 Å². The minimum absolute atomic E-state index is 0.121. The van der Waals surface area contributed by atoms with Gasteiger partial charge in [-0.25, -0.2) is 9.50 Å². The first kappa shape index (κ1) is 23.4. The van der Waals surface area contributed by atoms with E-state index in [1.54, 1.807) is 29.8 Å². The van der Waals surface area contributed by atoms with Gasteiger partial charge in [-0.1, -0.05) is 6.07 Å². The maximum atomic E-state index is 11.9. The second-order valence-corrected chi connectivity index (χ2v) is 9.56. The van der Waals surface area contributed by atoms with Crippen molar-refractivity contribution in [2.75, 3.05) is 25.6 Å². The molecule has 6 rings (SSSR count). The number of hydrogen-bond donors (Lipinski definition) is 3. The Bertz CT molecular complexity index is 1440. The summed E-state index contributed by atoms with van der Waals surface area (Å²) in [6.45, 7) is 3.45. The summed E-state index contributed by atoms with van der Waals surface area (Å²) in [5, 5.41) is 14.0. The van der Waals surface area contributed by atoms with Gasteiger partial charge in [-0.3, -0.25) is 9.78 Å². The predicted molar refractivity (Wildman–Crippen MR) is 139 cm³/mol. The van der Waals surface area contributed by atoms with Crippen molar-refractivity contribution in [3.05, 3.63) is 66.2 Å². The van der Waals surface area contributed by atoms with E-state index >= 15 is 0 Å². The number of morpholine rings is 1. The average molecular weight is 500 g/mol. The van der Waals surface area contributed by atoms with Crippen LogP contribution in [-0.4, -0.2) is 63.9 Å². The van der Waals surface area contributed by atoms with Gasteiger partial charge in [-0.05, 0) is 42.8 Å². The highest BCUT2D eigenvalue weighted by Gasteiger charge is 2.33. The van der Waals surface area contributed by atoms with Gasteiger partial charge in [-0.2, -0.15) is 5.10 Å². The van der Waals surface area contributed by atoms with E-state index in [0.717, 1.165) is 54.1 Å². The average Bonchev–Trinajstić information content (AvgIpc) is 3.30. The van der Waals surface area contributed by atoms with Crippen LogP contribution < -0.4 is 20.7 Å². The zero-order valence-electron chi connectivity index (χ0n) is 20.8. The highest BCUT2D eigenvalue weighted by atomic mass is 16.5. The Hall–Kier alpha value is -4.02. The third-order valence-corrected chi connectivity index (χ3v) is 6.74. The fourth-order valence-electron chi connectivity index (χ4n) is 5.04. The first-order valence-electron chi connectivity index (χ1n) is 12.5. The molecule has 190 valence electrons. The number of fused-ring (bicyclic) bond motifs is 3. The number of hydrogen-bond acceptors (Lipinski definition) is 8. The van der Waals surface area contributed by atoms with Crippen LogP contribution in [0.4, 0.5) is 11.6 Å². The van der Waals surface area contributed by atoms with Crippen LogP contribution >= 0.6 is 0 Å². The van der Waals surface area contributed by atoms with Crippen molar-refractivity contribution in [1.29, 1.82) is 0 Å². The minimum Gasteiger partial charge on any atom is -0.488 e. The van der Waals surface area contributed by atoms with Gasteiger partial charge in [0.25, 0.3) is 5.91 Å². The Labute approximate surface area is 214 Å². The fraction of sp³-hybridized carbons (Fsp3) is 0.333. The molecule has 1 amide bonds. The molecule has 2 fully saturated rings. The summed E-state index contributed by atoms with van der Waals surface area (Å²) in [7, 11) is 1.58. The minimum atomic E-state index is -0.241. The van der Waals surface area contributed by atoms with Crippen molar-refractivity contribution in [3.8, 4) is 16.9 Å². The number of nitrogens with one attached hydrogen (secondary N) is 3. The van der Waals surface area contributed by atoms with E-state index in [1.165, 1.54) is 0 Å². The van der Waals surface area contributed by atoms with Crippen LogP contribution in [0.5, 0.6) is 5.75 Å². The van der Waals surface area contributed by atoms with Crippen LogP contribution in [0.1, 0.15) is 29.0 Å². The van der Waals surface area contributed by atoms with Crippen molar-refractivity contribution >= 4 is 23.1 Å². The molecule has 2 aliphatic rings. The molecule has 6 heterocycles. The summed E-state index contributed by atoms with van der Waals surface area (Å²) in [6, 6.07) is 14.0. The molecule has 4 aromatic heterocycles. The Morgan fingerprint density at radius 3 is 2.78 bits per heavy atom. The Morgan fingerprint density at radius 2 is 1.97 bits per heavy atom. The number of aryl methyl sites for hydroxylation is 1. The molecule has 0 saturated carbocycles. The predicted octanol–water partition coefficient (Wildman–Crippen LogP) is 3.10. The van der Waals surface area contributed by atoms with Gasteiger partial charge in [0.15, 0.2) is 5.82 Å². The Balaban J connectivity index is 1.26. The van der Waals surface area contributed by atoms with E-state index in [2.05, 4.69) is 43.1 Å². The largest absolute Gasteiger partial charge is 0.488 e. The number of anilines is 2. The van der Waals surface area contributed by atoms with Gasteiger partial charge >= 0.3 is 0 Å². The summed E-state index contributed by atoms with van der Waals surface area (Å²) in [5.74, 6) is 1.72. The monoisotopic (exact) mass is 499 g/mol. The first-order chi connectivity index (χ1) is 18.0.